The van der Waals surface area contributed by atoms with E-state index in [1.54, 1.807) is 6.20 Å². The molecule has 6 nitrogen and oxygen atoms in total. The molecule has 1 fully saturated rings. The Morgan fingerprint density at radius 1 is 1.38 bits per heavy atom. The first-order valence-corrected chi connectivity index (χ1v) is 11.0. The molecule has 2 aromatic heterocycles. The number of likely N-dealkylation sites (tertiary alicyclic amines) is 1. The highest BCUT2D eigenvalue weighted by Crippen LogP contribution is 2.35. The van der Waals surface area contributed by atoms with Crippen LogP contribution in [0.5, 0.6) is 0 Å². The Morgan fingerprint density at radius 3 is 2.93 bits per heavy atom. The fourth-order valence-electron chi connectivity index (χ4n) is 3.58. The number of thiazole rings is 1. The second-order valence-corrected chi connectivity index (χ2v) is 8.52. The summed E-state index contributed by atoms with van der Waals surface area (Å²) in [5, 5.41) is 4.68. The average molecular weight is 431 g/mol. The van der Waals surface area contributed by atoms with Crippen LogP contribution < -0.4 is 5.32 Å². The first kappa shape index (κ1) is 19.9. The third kappa shape index (κ3) is 4.31. The molecule has 0 aliphatic carbocycles. The van der Waals surface area contributed by atoms with Crippen LogP contribution in [-0.4, -0.2) is 33.9 Å². The normalized spacial score (nSPS) is 16.4. The van der Waals surface area contributed by atoms with Gasteiger partial charge in [0.15, 0.2) is 5.13 Å². The van der Waals surface area contributed by atoms with Crippen molar-refractivity contribution in [2.45, 2.75) is 39.2 Å². The fourth-order valence-corrected chi connectivity index (χ4v) is 4.70. The SMILES string of the molecule is CCNc1nc(C)c(C(=O)N2CCC[C@@H]2c2ncc(Cc3ccc(Cl)cc3)o2)s1. The lowest BCUT2D eigenvalue weighted by atomic mass is 10.1. The van der Waals surface area contributed by atoms with Crippen molar-refractivity contribution in [1.29, 1.82) is 0 Å². The molecule has 0 unspecified atom stereocenters. The van der Waals surface area contributed by atoms with Gasteiger partial charge in [0.05, 0.1) is 11.9 Å². The van der Waals surface area contributed by atoms with Crippen LogP contribution in [0.3, 0.4) is 0 Å². The van der Waals surface area contributed by atoms with E-state index >= 15 is 0 Å². The first-order chi connectivity index (χ1) is 14.0. The number of hydrogen-bond donors (Lipinski definition) is 1. The van der Waals surface area contributed by atoms with Crippen molar-refractivity contribution in [3.63, 3.8) is 0 Å². The van der Waals surface area contributed by atoms with Gasteiger partial charge in [-0.3, -0.25) is 4.79 Å². The van der Waals surface area contributed by atoms with Crippen LogP contribution in [-0.2, 0) is 6.42 Å². The number of nitrogens with one attached hydrogen (secondary N) is 1. The van der Waals surface area contributed by atoms with E-state index in [0.29, 0.717) is 28.8 Å². The molecule has 1 atom stereocenters. The van der Waals surface area contributed by atoms with E-state index in [1.807, 2.05) is 43.0 Å². The molecule has 0 bridgehead atoms. The van der Waals surface area contributed by atoms with Crippen molar-refractivity contribution in [2.75, 3.05) is 18.4 Å². The zero-order valence-corrected chi connectivity index (χ0v) is 18.0. The van der Waals surface area contributed by atoms with E-state index in [1.165, 1.54) is 11.3 Å². The minimum Gasteiger partial charge on any atom is -0.443 e. The summed E-state index contributed by atoms with van der Waals surface area (Å²) >= 11 is 7.36. The first-order valence-electron chi connectivity index (χ1n) is 9.76. The zero-order chi connectivity index (χ0) is 20.4. The van der Waals surface area contributed by atoms with Gasteiger partial charge >= 0.3 is 0 Å². The highest BCUT2D eigenvalue weighted by atomic mass is 35.5. The third-order valence-electron chi connectivity index (χ3n) is 4.98. The number of rotatable bonds is 6. The molecule has 1 amide bonds. The van der Waals surface area contributed by atoms with Gasteiger partial charge in [-0.05, 0) is 44.4 Å². The number of aryl methyl sites for hydroxylation is 1. The van der Waals surface area contributed by atoms with Crippen LogP contribution in [0.15, 0.2) is 34.9 Å². The van der Waals surface area contributed by atoms with E-state index in [0.717, 1.165) is 41.5 Å². The maximum Gasteiger partial charge on any atom is 0.266 e. The smallest absolute Gasteiger partial charge is 0.266 e. The Labute approximate surface area is 178 Å². The highest BCUT2D eigenvalue weighted by Gasteiger charge is 2.35. The Balaban J connectivity index is 1.50. The molecule has 1 saturated heterocycles. The van der Waals surface area contributed by atoms with Crippen molar-refractivity contribution in [3.8, 4) is 0 Å². The molecule has 0 radical (unpaired) electrons. The molecule has 0 saturated carbocycles. The van der Waals surface area contributed by atoms with Crippen molar-refractivity contribution < 1.29 is 9.21 Å². The molecule has 29 heavy (non-hydrogen) atoms. The van der Waals surface area contributed by atoms with Crippen LogP contribution in [0, 0.1) is 6.92 Å². The monoisotopic (exact) mass is 430 g/mol. The Morgan fingerprint density at radius 2 is 2.17 bits per heavy atom. The molecule has 1 aromatic carbocycles. The van der Waals surface area contributed by atoms with Gasteiger partial charge in [0, 0.05) is 24.5 Å². The second-order valence-electron chi connectivity index (χ2n) is 7.09. The van der Waals surface area contributed by atoms with Gasteiger partial charge in [-0.2, -0.15) is 0 Å². The number of hydrogen-bond acceptors (Lipinski definition) is 6. The summed E-state index contributed by atoms with van der Waals surface area (Å²) in [6, 6.07) is 7.55. The van der Waals surface area contributed by atoms with Crippen molar-refractivity contribution in [3.05, 3.63) is 63.3 Å². The quantitative estimate of drug-likeness (QED) is 0.589. The minimum absolute atomic E-state index is 0.00380. The van der Waals surface area contributed by atoms with Gasteiger partial charge in [-0.25, -0.2) is 9.97 Å². The van der Waals surface area contributed by atoms with E-state index in [2.05, 4.69) is 15.3 Å². The lowest BCUT2D eigenvalue weighted by Crippen LogP contribution is -2.30. The number of carbonyl (C=O) groups is 1. The molecule has 8 heteroatoms. The number of carbonyl (C=O) groups excluding carboxylic acids is 1. The summed E-state index contributed by atoms with van der Waals surface area (Å²) in [6.45, 7) is 5.37. The van der Waals surface area contributed by atoms with Gasteiger partial charge in [-0.1, -0.05) is 35.1 Å². The van der Waals surface area contributed by atoms with Crippen LogP contribution in [0.25, 0.3) is 0 Å². The second kappa shape index (κ2) is 8.55. The van der Waals surface area contributed by atoms with E-state index < -0.39 is 0 Å². The Bertz CT molecular complexity index is 999. The predicted octanol–water partition coefficient (Wildman–Crippen LogP) is 5.09. The predicted molar refractivity (Wildman–Crippen MR) is 115 cm³/mol. The molecule has 3 aromatic rings. The molecule has 1 aliphatic rings. The molecule has 1 aliphatic heterocycles. The standard InChI is InChI=1S/C21H23ClN4O2S/c1-3-23-21-25-13(2)18(29-21)20(27)26-10-4-5-17(26)19-24-12-16(28-19)11-14-6-8-15(22)9-7-14/h6-9,12,17H,3-5,10-11H2,1-2H3,(H,23,25)/t17-/m1/s1. The number of oxazole rings is 1. The molecule has 1 N–H and O–H groups in total. The van der Waals surface area contributed by atoms with Crippen molar-refractivity contribution in [2.24, 2.45) is 0 Å². The average Bonchev–Trinajstić information content (AvgIpc) is 3.43. The maximum absolute atomic E-state index is 13.2. The summed E-state index contributed by atoms with van der Waals surface area (Å²) in [6.07, 6.45) is 4.19. The number of amides is 1. The number of aromatic nitrogens is 2. The fraction of sp³-hybridized carbons (Fsp3) is 0.381. The van der Waals surface area contributed by atoms with Crippen LogP contribution in [0.4, 0.5) is 5.13 Å². The van der Waals surface area contributed by atoms with Gasteiger partial charge in [0.2, 0.25) is 5.89 Å². The Kier molecular flexibility index (Phi) is 5.87. The van der Waals surface area contributed by atoms with Gasteiger partial charge in [0.25, 0.3) is 5.91 Å². The molecule has 3 heterocycles. The summed E-state index contributed by atoms with van der Waals surface area (Å²) in [4.78, 5) is 24.7. The van der Waals surface area contributed by atoms with E-state index in [-0.39, 0.29) is 11.9 Å². The number of anilines is 1. The molecular weight excluding hydrogens is 408 g/mol. The number of halogens is 1. The van der Waals surface area contributed by atoms with Crippen molar-refractivity contribution >= 4 is 34.0 Å². The number of benzene rings is 1. The maximum atomic E-state index is 13.2. The third-order valence-corrected chi connectivity index (χ3v) is 6.34. The largest absolute Gasteiger partial charge is 0.443 e. The van der Waals surface area contributed by atoms with E-state index in [9.17, 15) is 4.79 Å². The zero-order valence-electron chi connectivity index (χ0n) is 16.4. The van der Waals surface area contributed by atoms with Gasteiger partial charge < -0.3 is 14.6 Å². The molecule has 4 rings (SSSR count). The lowest BCUT2D eigenvalue weighted by molar-refractivity contribution is 0.0718. The Hall–Kier alpha value is -2.38. The summed E-state index contributed by atoms with van der Waals surface area (Å²) in [7, 11) is 0. The molecule has 152 valence electrons. The molecule has 0 spiro atoms. The summed E-state index contributed by atoms with van der Waals surface area (Å²) in [5.74, 6) is 1.39. The van der Waals surface area contributed by atoms with Gasteiger partial charge in [0.1, 0.15) is 16.7 Å². The van der Waals surface area contributed by atoms with E-state index in [4.69, 9.17) is 16.0 Å². The van der Waals surface area contributed by atoms with Crippen LogP contribution in [0.2, 0.25) is 5.02 Å². The summed E-state index contributed by atoms with van der Waals surface area (Å²) in [5.41, 5.74) is 1.87. The lowest BCUT2D eigenvalue weighted by Gasteiger charge is -2.21. The minimum atomic E-state index is -0.134. The topological polar surface area (TPSA) is 71.3 Å². The van der Waals surface area contributed by atoms with Crippen LogP contribution >= 0.6 is 22.9 Å². The summed E-state index contributed by atoms with van der Waals surface area (Å²) < 4.78 is 6.03. The molecular formula is C21H23ClN4O2S. The van der Waals surface area contributed by atoms with Gasteiger partial charge in [-0.15, -0.1) is 0 Å². The van der Waals surface area contributed by atoms with Crippen molar-refractivity contribution in [1.82, 2.24) is 14.9 Å². The highest BCUT2D eigenvalue weighted by molar-refractivity contribution is 7.17. The van der Waals surface area contributed by atoms with Crippen LogP contribution in [0.1, 0.15) is 58.4 Å². The number of nitrogens with zero attached hydrogens (tertiary/aromatic N) is 3.